The molecule has 6 heteroatoms. The number of hydrogen-bond donors (Lipinski definition) is 1. The Hall–Kier alpha value is -1.07. The molecule has 1 aromatic rings. The minimum Gasteiger partial charge on any atom is -0.481 e. The Labute approximate surface area is 105 Å². The Kier molecular flexibility index (Phi) is 3.55. The quantitative estimate of drug-likeness (QED) is 0.918. The second-order valence-electron chi connectivity index (χ2n) is 4.35. The van der Waals surface area contributed by atoms with Crippen molar-refractivity contribution in [3.63, 3.8) is 0 Å². The van der Waals surface area contributed by atoms with Crippen molar-refractivity contribution in [2.45, 2.75) is 24.2 Å². The molecular formula is C11H13ClO4S. The van der Waals surface area contributed by atoms with E-state index in [1.54, 1.807) is 0 Å². The fourth-order valence-corrected chi connectivity index (χ4v) is 2.64. The second kappa shape index (κ2) is 4.31. The van der Waals surface area contributed by atoms with Gasteiger partial charge in [0.25, 0.3) is 0 Å². The third-order valence-electron chi connectivity index (χ3n) is 2.59. The van der Waals surface area contributed by atoms with Gasteiger partial charge in [0.2, 0.25) is 0 Å². The summed E-state index contributed by atoms with van der Waals surface area (Å²) in [5.74, 6) is -0.999. The number of rotatable bonds is 3. The predicted molar refractivity (Wildman–Crippen MR) is 65.2 cm³/mol. The van der Waals surface area contributed by atoms with Gasteiger partial charge >= 0.3 is 5.97 Å². The number of sulfone groups is 1. The molecule has 0 fully saturated rings. The summed E-state index contributed by atoms with van der Waals surface area (Å²) in [7, 11) is -3.40. The highest BCUT2D eigenvalue weighted by Gasteiger charge is 2.30. The summed E-state index contributed by atoms with van der Waals surface area (Å²) < 4.78 is 22.7. The summed E-state index contributed by atoms with van der Waals surface area (Å²) in [4.78, 5) is 11.1. The van der Waals surface area contributed by atoms with Crippen molar-refractivity contribution in [2.24, 2.45) is 0 Å². The third kappa shape index (κ3) is 2.79. The Balaban J connectivity index is 3.37. The molecule has 0 unspecified atom stereocenters. The first kappa shape index (κ1) is 14.0. The molecule has 0 radical (unpaired) electrons. The lowest BCUT2D eigenvalue weighted by molar-refractivity contribution is -0.142. The maximum Gasteiger partial charge on any atom is 0.313 e. The van der Waals surface area contributed by atoms with Crippen molar-refractivity contribution >= 4 is 27.4 Å². The molecule has 4 nitrogen and oxygen atoms in total. The summed E-state index contributed by atoms with van der Waals surface area (Å²) in [6.07, 6.45) is 1.05. The Morgan fingerprint density at radius 1 is 1.35 bits per heavy atom. The van der Waals surface area contributed by atoms with E-state index in [1.165, 1.54) is 32.0 Å². The molecule has 0 aliphatic carbocycles. The largest absolute Gasteiger partial charge is 0.481 e. The Bertz CT molecular complexity index is 561. The molecule has 1 aromatic carbocycles. The molecule has 1 rings (SSSR count). The summed E-state index contributed by atoms with van der Waals surface area (Å²) in [5, 5.41) is 9.09. The molecule has 0 saturated carbocycles. The van der Waals surface area contributed by atoms with Crippen LogP contribution < -0.4 is 0 Å². The maximum atomic E-state index is 11.3. The number of carboxylic acids is 1. The van der Waals surface area contributed by atoms with Crippen molar-refractivity contribution in [1.29, 1.82) is 0 Å². The van der Waals surface area contributed by atoms with Crippen LogP contribution in [-0.4, -0.2) is 25.7 Å². The van der Waals surface area contributed by atoms with Gasteiger partial charge in [-0.1, -0.05) is 17.7 Å². The van der Waals surface area contributed by atoms with Crippen molar-refractivity contribution in [3.8, 4) is 0 Å². The molecule has 0 amide bonds. The minimum atomic E-state index is -3.40. The van der Waals surface area contributed by atoms with E-state index in [0.29, 0.717) is 5.56 Å². The lowest BCUT2D eigenvalue weighted by atomic mass is 9.85. The smallest absolute Gasteiger partial charge is 0.313 e. The van der Waals surface area contributed by atoms with Crippen LogP contribution in [-0.2, 0) is 20.0 Å². The van der Waals surface area contributed by atoms with Crippen LogP contribution in [0.5, 0.6) is 0 Å². The Morgan fingerprint density at radius 2 is 1.88 bits per heavy atom. The van der Waals surface area contributed by atoms with Crippen molar-refractivity contribution in [1.82, 2.24) is 0 Å². The van der Waals surface area contributed by atoms with Gasteiger partial charge in [0.15, 0.2) is 9.84 Å². The first-order chi connectivity index (χ1) is 7.56. The van der Waals surface area contributed by atoms with Crippen molar-refractivity contribution in [3.05, 3.63) is 28.8 Å². The fourth-order valence-electron chi connectivity index (χ4n) is 1.31. The standard InChI is InChI=1S/C11H13ClO4S/c1-11(2,10(13)14)7-4-5-9(8(12)6-7)17(3,15)16/h4-6H,1-3H3,(H,13,14). The van der Waals surface area contributed by atoms with Crippen LogP contribution in [0.15, 0.2) is 23.1 Å². The average Bonchev–Trinajstić information content (AvgIpc) is 2.15. The summed E-state index contributed by atoms with van der Waals surface area (Å²) in [6, 6.07) is 4.18. The highest BCUT2D eigenvalue weighted by Crippen LogP contribution is 2.29. The van der Waals surface area contributed by atoms with Crippen LogP contribution in [0.25, 0.3) is 0 Å². The maximum absolute atomic E-state index is 11.3. The molecule has 0 aromatic heterocycles. The lowest BCUT2D eigenvalue weighted by Crippen LogP contribution is -2.28. The molecule has 0 bridgehead atoms. The zero-order valence-corrected chi connectivity index (χ0v) is 11.3. The Morgan fingerprint density at radius 3 is 2.24 bits per heavy atom. The number of carbonyl (C=O) groups is 1. The third-order valence-corrected chi connectivity index (χ3v) is 4.17. The van der Waals surface area contributed by atoms with E-state index in [9.17, 15) is 13.2 Å². The average molecular weight is 277 g/mol. The van der Waals surface area contributed by atoms with E-state index in [1.807, 2.05) is 0 Å². The first-order valence-electron chi connectivity index (χ1n) is 4.80. The van der Waals surface area contributed by atoms with Crippen molar-refractivity contribution < 1.29 is 18.3 Å². The van der Waals surface area contributed by atoms with E-state index in [-0.39, 0.29) is 9.92 Å². The molecular weight excluding hydrogens is 264 g/mol. The molecule has 0 aliphatic rings. The molecule has 94 valence electrons. The van der Waals surface area contributed by atoms with Crippen LogP contribution in [0, 0.1) is 0 Å². The number of benzene rings is 1. The van der Waals surface area contributed by atoms with Gasteiger partial charge in [-0.2, -0.15) is 0 Å². The highest BCUT2D eigenvalue weighted by molar-refractivity contribution is 7.90. The monoisotopic (exact) mass is 276 g/mol. The molecule has 0 heterocycles. The van der Waals surface area contributed by atoms with Gasteiger partial charge in [0.1, 0.15) is 0 Å². The predicted octanol–water partition coefficient (Wildman–Crippen LogP) is 2.11. The minimum absolute atomic E-state index is 0.00380. The van der Waals surface area contributed by atoms with Crippen molar-refractivity contribution in [2.75, 3.05) is 6.26 Å². The SMILES string of the molecule is CC(C)(C(=O)O)c1ccc(S(C)(=O)=O)c(Cl)c1. The molecule has 0 aliphatic heterocycles. The molecule has 17 heavy (non-hydrogen) atoms. The summed E-state index contributed by atoms with van der Waals surface area (Å²) in [6.45, 7) is 3.06. The zero-order chi connectivity index (χ0) is 13.4. The van der Waals surface area contributed by atoms with E-state index in [4.69, 9.17) is 16.7 Å². The topological polar surface area (TPSA) is 71.4 Å². The van der Waals surface area contributed by atoms with Gasteiger partial charge < -0.3 is 5.11 Å². The van der Waals surface area contributed by atoms with E-state index >= 15 is 0 Å². The molecule has 0 spiro atoms. The lowest BCUT2D eigenvalue weighted by Gasteiger charge is -2.20. The van der Waals surface area contributed by atoms with Gasteiger partial charge in [-0.25, -0.2) is 8.42 Å². The van der Waals surface area contributed by atoms with Crippen LogP contribution in [0.3, 0.4) is 0 Å². The first-order valence-corrected chi connectivity index (χ1v) is 7.07. The zero-order valence-electron chi connectivity index (χ0n) is 9.69. The summed E-state index contributed by atoms with van der Waals surface area (Å²) in [5.41, 5.74) is -0.651. The molecule has 1 N–H and O–H groups in total. The van der Waals surface area contributed by atoms with Crippen LogP contribution >= 0.6 is 11.6 Å². The van der Waals surface area contributed by atoms with Gasteiger partial charge in [0, 0.05) is 6.26 Å². The van der Waals surface area contributed by atoms with Crippen LogP contribution in [0.1, 0.15) is 19.4 Å². The van der Waals surface area contributed by atoms with Gasteiger partial charge in [0.05, 0.1) is 15.3 Å². The van der Waals surface area contributed by atoms with Gasteiger partial charge in [-0.05, 0) is 31.5 Å². The molecule has 0 atom stereocenters. The summed E-state index contributed by atoms with van der Waals surface area (Å²) >= 11 is 5.85. The van der Waals surface area contributed by atoms with Gasteiger partial charge in [-0.15, -0.1) is 0 Å². The number of carboxylic acid groups (broad SMARTS) is 1. The normalized spacial score (nSPS) is 12.5. The molecule has 0 saturated heterocycles. The van der Waals surface area contributed by atoms with E-state index in [0.717, 1.165) is 6.26 Å². The van der Waals surface area contributed by atoms with Crippen LogP contribution in [0.2, 0.25) is 5.02 Å². The van der Waals surface area contributed by atoms with E-state index < -0.39 is 21.2 Å². The number of aliphatic carboxylic acids is 1. The van der Waals surface area contributed by atoms with E-state index in [2.05, 4.69) is 0 Å². The number of halogens is 1. The second-order valence-corrected chi connectivity index (χ2v) is 6.74. The highest BCUT2D eigenvalue weighted by atomic mass is 35.5. The fraction of sp³-hybridized carbons (Fsp3) is 0.364. The van der Waals surface area contributed by atoms with Crippen LogP contribution in [0.4, 0.5) is 0 Å². The number of hydrogen-bond acceptors (Lipinski definition) is 3. The van der Waals surface area contributed by atoms with Gasteiger partial charge in [-0.3, -0.25) is 4.79 Å².